The molecule has 0 radical (unpaired) electrons. The second-order valence-corrected chi connectivity index (χ2v) is 2.54. The first kappa shape index (κ1) is 8.80. The van der Waals surface area contributed by atoms with Gasteiger partial charge in [-0.1, -0.05) is 0 Å². The summed E-state index contributed by atoms with van der Waals surface area (Å²) < 4.78 is 4.83. The largest absolute Gasteiger partial charge is 0.459 e. The van der Waals surface area contributed by atoms with Crippen LogP contribution in [0.4, 0.5) is 0 Å². The van der Waals surface area contributed by atoms with E-state index in [1.54, 1.807) is 19.1 Å². The zero-order chi connectivity index (χ0) is 8.97. The smallest absolute Gasteiger partial charge is 0.287 e. The van der Waals surface area contributed by atoms with Crippen molar-refractivity contribution in [2.75, 3.05) is 6.54 Å². The third-order valence-electron chi connectivity index (χ3n) is 1.30. The lowest BCUT2D eigenvalue weighted by Gasteiger charge is -2.04. The first-order valence-electron chi connectivity index (χ1n) is 3.70. The Kier molecular flexibility index (Phi) is 2.88. The van der Waals surface area contributed by atoms with E-state index in [1.807, 2.05) is 0 Å². The van der Waals surface area contributed by atoms with E-state index in [4.69, 9.17) is 9.52 Å². The molecule has 2 N–H and O–H groups in total. The van der Waals surface area contributed by atoms with Gasteiger partial charge in [0.1, 0.15) is 0 Å². The summed E-state index contributed by atoms with van der Waals surface area (Å²) in [5.41, 5.74) is 0. The Morgan fingerprint density at radius 1 is 1.83 bits per heavy atom. The predicted molar refractivity (Wildman–Crippen MR) is 42.7 cm³/mol. The molecule has 1 atom stereocenters. The highest BCUT2D eigenvalue weighted by Gasteiger charge is 2.07. The minimum Gasteiger partial charge on any atom is -0.459 e. The molecule has 0 aliphatic heterocycles. The average Bonchev–Trinajstić information content (AvgIpc) is 2.51. The third-order valence-corrected chi connectivity index (χ3v) is 1.30. The van der Waals surface area contributed by atoms with Crippen molar-refractivity contribution in [3.8, 4) is 0 Å². The summed E-state index contributed by atoms with van der Waals surface area (Å²) >= 11 is 0. The van der Waals surface area contributed by atoms with Gasteiger partial charge in [-0.25, -0.2) is 0 Å². The normalized spacial score (nSPS) is 12.5. The molecule has 1 heterocycles. The van der Waals surface area contributed by atoms with Crippen molar-refractivity contribution in [3.05, 3.63) is 24.2 Å². The zero-order valence-electron chi connectivity index (χ0n) is 6.78. The number of carbonyl (C=O) groups excluding carboxylic acids is 1. The molecule has 0 bridgehead atoms. The van der Waals surface area contributed by atoms with Gasteiger partial charge in [0, 0.05) is 6.54 Å². The van der Waals surface area contributed by atoms with Gasteiger partial charge in [0.05, 0.1) is 12.4 Å². The summed E-state index contributed by atoms with van der Waals surface area (Å²) in [5, 5.41) is 11.4. The van der Waals surface area contributed by atoms with Gasteiger partial charge >= 0.3 is 0 Å². The van der Waals surface area contributed by atoms with Crippen LogP contribution >= 0.6 is 0 Å². The van der Waals surface area contributed by atoms with Crippen LogP contribution in [-0.2, 0) is 0 Å². The summed E-state index contributed by atoms with van der Waals surface area (Å²) in [4.78, 5) is 11.1. The zero-order valence-corrected chi connectivity index (χ0v) is 6.78. The highest BCUT2D eigenvalue weighted by atomic mass is 16.3. The van der Waals surface area contributed by atoms with Crippen LogP contribution in [0.1, 0.15) is 17.5 Å². The van der Waals surface area contributed by atoms with E-state index in [0.29, 0.717) is 0 Å². The lowest BCUT2D eigenvalue weighted by Crippen LogP contribution is -2.30. The number of aliphatic hydroxyl groups excluding tert-OH is 1. The maximum atomic E-state index is 11.1. The summed E-state index contributed by atoms with van der Waals surface area (Å²) in [6.07, 6.45) is 0.890. The number of hydrogen-bond donors (Lipinski definition) is 2. The minimum atomic E-state index is -0.538. The van der Waals surface area contributed by atoms with Crippen LogP contribution in [0.3, 0.4) is 0 Å². The molecular formula is C8H11NO3. The lowest BCUT2D eigenvalue weighted by molar-refractivity contribution is 0.0896. The van der Waals surface area contributed by atoms with Gasteiger partial charge in [-0.3, -0.25) is 4.79 Å². The van der Waals surface area contributed by atoms with Gasteiger partial charge < -0.3 is 14.8 Å². The molecule has 1 amide bonds. The van der Waals surface area contributed by atoms with Crippen molar-refractivity contribution in [2.24, 2.45) is 0 Å². The van der Waals surface area contributed by atoms with Crippen molar-refractivity contribution in [1.82, 2.24) is 5.32 Å². The second-order valence-electron chi connectivity index (χ2n) is 2.54. The molecule has 0 unspecified atom stereocenters. The van der Waals surface area contributed by atoms with Crippen molar-refractivity contribution in [2.45, 2.75) is 13.0 Å². The molecule has 4 heteroatoms. The fourth-order valence-corrected chi connectivity index (χ4v) is 0.735. The number of carbonyl (C=O) groups is 1. The van der Waals surface area contributed by atoms with Crippen molar-refractivity contribution in [1.29, 1.82) is 0 Å². The maximum absolute atomic E-state index is 11.1. The summed E-state index contributed by atoms with van der Waals surface area (Å²) in [6.45, 7) is 1.84. The number of amides is 1. The first-order valence-corrected chi connectivity index (χ1v) is 3.70. The van der Waals surface area contributed by atoms with Gasteiger partial charge in [-0.05, 0) is 19.1 Å². The van der Waals surface area contributed by atoms with E-state index in [9.17, 15) is 4.79 Å². The Morgan fingerprint density at radius 2 is 2.58 bits per heavy atom. The Morgan fingerprint density at radius 3 is 3.08 bits per heavy atom. The molecule has 12 heavy (non-hydrogen) atoms. The van der Waals surface area contributed by atoms with E-state index >= 15 is 0 Å². The van der Waals surface area contributed by atoms with E-state index in [0.717, 1.165) is 0 Å². The summed E-state index contributed by atoms with van der Waals surface area (Å²) in [7, 11) is 0. The fourth-order valence-electron chi connectivity index (χ4n) is 0.735. The van der Waals surface area contributed by atoms with Gasteiger partial charge in [0.15, 0.2) is 5.76 Å². The maximum Gasteiger partial charge on any atom is 0.287 e. The van der Waals surface area contributed by atoms with Crippen molar-refractivity contribution < 1.29 is 14.3 Å². The Labute approximate surface area is 70.2 Å². The molecule has 0 fully saturated rings. The third kappa shape index (κ3) is 2.39. The molecule has 0 saturated heterocycles. The Bertz CT molecular complexity index is 241. The van der Waals surface area contributed by atoms with Crippen LogP contribution in [-0.4, -0.2) is 23.7 Å². The highest BCUT2D eigenvalue weighted by molar-refractivity contribution is 5.91. The van der Waals surface area contributed by atoms with E-state index < -0.39 is 6.10 Å². The molecule has 66 valence electrons. The molecule has 1 aromatic rings. The highest BCUT2D eigenvalue weighted by Crippen LogP contribution is 1.98. The van der Waals surface area contributed by atoms with Crippen molar-refractivity contribution in [3.63, 3.8) is 0 Å². The second kappa shape index (κ2) is 3.92. The number of furan rings is 1. The molecule has 0 saturated carbocycles. The molecular weight excluding hydrogens is 158 g/mol. The van der Waals surface area contributed by atoms with Crippen LogP contribution in [0.15, 0.2) is 22.8 Å². The fraction of sp³-hybridized carbons (Fsp3) is 0.375. The number of aliphatic hydroxyl groups is 1. The molecule has 0 spiro atoms. The van der Waals surface area contributed by atoms with E-state index in [-0.39, 0.29) is 18.2 Å². The number of rotatable bonds is 3. The molecule has 0 aliphatic rings. The minimum absolute atomic E-state index is 0.236. The SMILES string of the molecule is C[C@@H](O)CNC(=O)c1ccco1. The van der Waals surface area contributed by atoms with Gasteiger partial charge in [0.25, 0.3) is 5.91 Å². The quantitative estimate of drug-likeness (QED) is 0.688. The predicted octanol–water partition coefficient (Wildman–Crippen LogP) is 0.390. The first-order chi connectivity index (χ1) is 5.70. The number of hydrogen-bond acceptors (Lipinski definition) is 3. The van der Waals surface area contributed by atoms with Crippen LogP contribution in [0.2, 0.25) is 0 Å². The standard InChI is InChI=1S/C8H11NO3/c1-6(10)5-9-8(11)7-3-2-4-12-7/h2-4,6,10H,5H2,1H3,(H,9,11)/t6-/m1/s1. The van der Waals surface area contributed by atoms with Crippen LogP contribution < -0.4 is 5.32 Å². The van der Waals surface area contributed by atoms with E-state index in [1.165, 1.54) is 6.26 Å². The molecule has 4 nitrogen and oxygen atoms in total. The molecule has 1 aromatic heterocycles. The van der Waals surface area contributed by atoms with Crippen LogP contribution in [0, 0.1) is 0 Å². The van der Waals surface area contributed by atoms with E-state index in [2.05, 4.69) is 5.32 Å². The monoisotopic (exact) mass is 169 g/mol. The van der Waals surface area contributed by atoms with Crippen LogP contribution in [0.5, 0.6) is 0 Å². The molecule has 0 aliphatic carbocycles. The summed E-state index contributed by atoms with van der Waals surface area (Å²) in [6, 6.07) is 3.20. The van der Waals surface area contributed by atoms with Gasteiger partial charge in [-0.15, -0.1) is 0 Å². The van der Waals surface area contributed by atoms with Crippen LogP contribution in [0.25, 0.3) is 0 Å². The van der Waals surface area contributed by atoms with Gasteiger partial charge in [-0.2, -0.15) is 0 Å². The van der Waals surface area contributed by atoms with Crippen molar-refractivity contribution >= 4 is 5.91 Å². The Hall–Kier alpha value is -1.29. The topological polar surface area (TPSA) is 62.5 Å². The van der Waals surface area contributed by atoms with Gasteiger partial charge in [0.2, 0.25) is 0 Å². The Balaban J connectivity index is 2.40. The molecule has 1 rings (SSSR count). The number of nitrogens with one attached hydrogen (secondary N) is 1. The average molecular weight is 169 g/mol. The summed E-state index contributed by atoms with van der Waals surface area (Å²) in [5.74, 6) is -0.0449. The molecule has 0 aromatic carbocycles. The lowest BCUT2D eigenvalue weighted by atomic mass is 10.4.